The molecule has 9 heteroatoms. The zero-order chi connectivity index (χ0) is 24.3. The second-order valence-electron chi connectivity index (χ2n) is 10.9. The molecule has 0 bridgehead atoms. The molecule has 0 aromatic heterocycles. The van der Waals surface area contributed by atoms with Crippen molar-refractivity contribution in [1.29, 1.82) is 5.26 Å². The summed E-state index contributed by atoms with van der Waals surface area (Å²) in [5, 5.41) is 12.1. The Morgan fingerprint density at radius 2 is 1.79 bits per heavy atom. The molecule has 1 heterocycles. The van der Waals surface area contributed by atoms with E-state index in [-0.39, 0.29) is 36.7 Å². The van der Waals surface area contributed by atoms with Crippen molar-refractivity contribution < 1.29 is 23.9 Å². The van der Waals surface area contributed by atoms with Crippen molar-refractivity contribution in [2.45, 2.75) is 103 Å². The Hall–Kier alpha value is -2.50. The number of nitrogens with zero attached hydrogens (tertiary/aromatic N) is 3. The summed E-state index contributed by atoms with van der Waals surface area (Å²) in [6, 6.07) is 1.70. The maximum Gasteiger partial charge on any atom is 0.411 e. The topological polar surface area (TPSA) is 112 Å². The van der Waals surface area contributed by atoms with Gasteiger partial charge in [0, 0.05) is 18.6 Å². The Labute approximate surface area is 196 Å². The van der Waals surface area contributed by atoms with Gasteiger partial charge in [-0.1, -0.05) is 0 Å². The van der Waals surface area contributed by atoms with Crippen LogP contribution >= 0.6 is 0 Å². The highest BCUT2D eigenvalue weighted by molar-refractivity contribution is 5.83. The zero-order valence-corrected chi connectivity index (χ0v) is 20.5. The Bertz CT molecular complexity index is 773. The van der Waals surface area contributed by atoms with E-state index in [1.54, 1.807) is 9.80 Å². The number of alkyl carbamates (subject to hydrolysis) is 1. The van der Waals surface area contributed by atoms with Crippen LogP contribution in [0.25, 0.3) is 0 Å². The predicted octanol–water partition coefficient (Wildman–Crippen LogP) is 3.43. The molecule has 3 unspecified atom stereocenters. The first-order valence-electron chi connectivity index (χ1n) is 12.1. The summed E-state index contributed by atoms with van der Waals surface area (Å²) in [4.78, 5) is 41.2. The number of carbonyl (C=O) groups excluding carboxylic acids is 3. The van der Waals surface area contributed by atoms with Crippen molar-refractivity contribution in [2.75, 3.05) is 13.1 Å². The van der Waals surface area contributed by atoms with Crippen LogP contribution in [0.4, 0.5) is 9.59 Å². The standard InChI is InChI=1S/C24H38N4O5/c1-15(2)26-22(30)32-20-11-16-9-19(10-17(16)12-20)28(23(31)33-24(3,4)5)14-21(29)27-8-6-7-18(27)13-25/h15-20H,6-12,14H2,1-5H3,(H,26,30). The summed E-state index contributed by atoms with van der Waals surface area (Å²) in [5.41, 5.74) is -0.668. The van der Waals surface area contributed by atoms with Crippen molar-refractivity contribution in [2.24, 2.45) is 11.8 Å². The molecule has 1 aliphatic heterocycles. The van der Waals surface area contributed by atoms with Crippen molar-refractivity contribution >= 4 is 18.1 Å². The van der Waals surface area contributed by atoms with Crippen LogP contribution in [-0.2, 0) is 14.3 Å². The van der Waals surface area contributed by atoms with E-state index >= 15 is 0 Å². The average Bonchev–Trinajstić information content (AvgIpc) is 3.37. The second-order valence-corrected chi connectivity index (χ2v) is 10.9. The fraction of sp³-hybridized carbons (Fsp3) is 0.833. The van der Waals surface area contributed by atoms with E-state index in [0.717, 1.165) is 32.1 Å². The SMILES string of the molecule is CC(C)NC(=O)OC1CC2CC(N(CC(=O)N3CCCC3C#N)C(=O)OC(C)(C)C)CC2C1. The van der Waals surface area contributed by atoms with Crippen LogP contribution in [0.5, 0.6) is 0 Å². The normalized spacial score (nSPS) is 28.9. The summed E-state index contributed by atoms with van der Waals surface area (Å²) in [6.07, 6.45) is 3.54. The lowest BCUT2D eigenvalue weighted by molar-refractivity contribution is -0.133. The number of fused-ring (bicyclic) bond motifs is 1. The maximum absolute atomic E-state index is 13.1. The van der Waals surface area contributed by atoms with E-state index in [0.29, 0.717) is 24.8 Å². The molecule has 3 atom stereocenters. The fourth-order valence-electron chi connectivity index (χ4n) is 5.40. The van der Waals surface area contributed by atoms with E-state index < -0.39 is 17.7 Å². The lowest BCUT2D eigenvalue weighted by Gasteiger charge is -2.33. The molecule has 0 spiro atoms. The molecule has 1 N–H and O–H groups in total. The van der Waals surface area contributed by atoms with Crippen molar-refractivity contribution in [3.05, 3.63) is 0 Å². The Kier molecular flexibility index (Phi) is 7.76. The van der Waals surface area contributed by atoms with Gasteiger partial charge in [0.1, 0.15) is 24.3 Å². The molecule has 0 aromatic rings. The quantitative estimate of drug-likeness (QED) is 0.670. The molecule has 184 valence electrons. The minimum absolute atomic E-state index is 0.0268. The van der Waals surface area contributed by atoms with Crippen LogP contribution in [0.2, 0.25) is 0 Å². The van der Waals surface area contributed by atoms with Gasteiger partial charge < -0.3 is 19.7 Å². The Balaban J connectivity index is 1.64. The smallest absolute Gasteiger partial charge is 0.411 e. The second kappa shape index (κ2) is 10.2. The van der Waals surface area contributed by atoms with Gasteiger partial charge >= 0.3 is 12.2 Å². The molecule has 0 aromatic carbocycles. The van der Waals surface area contributed by atoms with Crippen LogP contribution in [0.3, 0.4) is 0 Å². The molecule has 9 nitrogen and oxygen atoms in total. The third-order valence-corrected chi connectivity index (χ3v) is 6.72. The minimum Gasteiger partial charge on any atom is -0.446 e. The van der Waals surface area contributed by atoms with Crippen LogP contribution < -0.4 is 5.32 Å². The lowest BCUT2D eigenvalue weighted by Crippen LogP contribution is -2.49. The highest BCUT2D eigenvalue weighted by Gasteiger charge is 2.47. The van der Waals surface area contributed by atoms with Gasteiger partial charge in [0.25, 0.3) is 0 Å². The number of ether oxygens (including phenoxy) is 2. The zero-order valence-electron chi connectivity index (χ0n) is 20.5. The summed E-state index contributed by atoms with van der Waals surface area (Å²) in [5.74, 6) is 0.476. The van der Waals surface area contributed by atoms with Crippen molar-refractivity contribution in [1.82, 2.24) is 15.1 Å². The van der Waals surface area contributed by atoms with Crippen LogP contribution in [0, 0.1) is 23.2 Å². The van der Waals surface area contributed by atoms with Crippen molar-refractivity contribution in [3.8, 4) is 6.07 Å². The molecule has 2 aliphatic carbocycles. The number of carbonyl (C=O) groups is 3. The molecular weight excluding hydrogens is 424 g/mol. The summed E-state index contributed by atoms with van der Waals surface area (Å²) >= 11 is 0. The number of hydrogen-bond acceptors (Lipinski definition) is 6. The maximum atomic E-state index is 13.1. The largest absolute Gasteiger partial charge is 0.446 e. The molecule has 2 saturated carbocycles. The molecule has 3 rings (SSSR count). The van der Waals surface area contributed by atoms with Gasteiger partial charge in [-0.25, -0.2) is 9.59 Å². The van der Waals surface area contributed by atoms with Gasteiger partial charge in [0.2, 0.25) is 5.91 Å². The van der Waals surface area contributed by atoms with Crippen LogP contribution in [0.15, 0.2) is 0 Å². The summed E-state index contributed by atoms with van der Waals surface area (Å²) in [6.45, 7) is 9.69. The van der Waals surface area contributed by atoms with Gasteiger partial charge in [-0.05, 0) is 85.0 Å². The van der Waals surface area contributed by atoms with Crippen LogP contribution in [0.1, 0.15) is 73.1 Å². The van der Waals surface area contributed by atoms with E-state index in [4.69, 9.17) is 9.47 Å². The van der Waals surface area contributed by atoms with E-state index in [9.17, 15) is 19.6 Å². The van der Waals surface area contributed by atoms with Gasteiger partial charge in [0.05, 0.1) is 6.07 Å². The van der Waals surface area contributed by atoms with Gasteiger partial charge in [-0.2, -0.15) is 5.26 Å². The first-order valence-corrected chi connectivity index (χ1v) is 12.1. The molecule has 3 fully saturated rings. The lowest BCUT2D eigenvalue weighted by atomic mass is 10.0. The molecule has 0 radical (unpaired) electrons. The highest BCUT2D eigenvalue weighted by Crippen LogP contribution is 2.47. The Morgan fingerprint density at radius 3 is 2.33 bits per heavy atom. The van der Waals surface area contributed by atoms with E-state index in [2.05, 4.69) is 11.4 Å². The number of nitrogens with one attached hydrogen (secondary N) is 1. The summed E-state index contributed by atoms with van der Waals surface area (Å²) < 4.78 is 11.2. The molecule has 3 aliphatic rings. The van der Waals surface area contributed by atoms with Gasteiger partial charge in [0.15, 0.2) is 0 Å². The number of amides is 3. The Morgan fingerprint density at radius 1 is 1.15 bits per heavy atom. The molecule has 33 heavy (non-hydrogen) atoms. The number of nitriles is 1. The highest BCUT2D eigenvalue weighted by atomic mass is 16.6. The fourth-order valence-corrected chi connectivity index (χ4v) is 5.40. The van der Waals surface area contributed by atoms with Crippen LogP contribution in [-0.4, -0.2) is 70.8 Å². The first-order chi connectivity index (χ1) is 15.5. The number of hydrogen-bond donors (Lipinski definition) is 1. The average molecular weight is 463 g/mol. The molecular formula is C24H38N4O5. The monoisotopic (exact) mass is 462 g/mol. The van der Waals surface area contributed by atoms with Gasteiger partial charge in [-0.15, -0.1) is 0 Å². The molecule has 1 saturated heterocycles. The first kappa shape index (κ1) is 25.1. The number of likely N-dealkylation sites (tertiary alicyclic amines) is 1. The summed E-state index contributed by atoms with van der Waals surface area (Å²) in [7, 11) is 0. The van der Waals surface area contributed by atoms with E-state index in [1.807, 2.05) is 34.6 Å². The predicted molar refractivity (Wildman–Crippen MR) is 121 cm³/mol. The third-order valence-electron chi connectivity index (χ3n) is 6.72. The van der Waals surface area contributed by atoms with Gasteiger partial charge in [-0.3, -0.25) is 9.69 Å². The third kappa shape index (κ3) is 6.52. The van der Waals surface area contributed by atoms with Crippen molar-refractivity contribution in [3.63, 3.8) is 0 Å². The molecule has 3 amide bonds. The minimum atomic E-state index is -0.668. The number of rotatable bonds is 5. The van der Waals surface area contributed by atoms with E-state index in [1.165, 1.54) is 0 Å².